The first-order chi connectivity index (χ1) is 9.11. The Morgan fingerprint density at radius 2 is 2.11 bits per heavy atom. The molecule has 2 rings (SSSR count). The first-order valence-electron chi connectivity index (χ1n) is 6.33. The van der Waals surface area contributed by atoms with Crippen LogP contribution >= 0.6 is 23.2 Å². The van der Waals surface area contributed by atoms with Crippen LogP contribution in [0.3, 0.4) is 0 Å². The smallest absolute Gasteiger partial charge is 0.101 e. The first-order valence-corrected chi connectivity index (χ1v) is 7.08. The van der Waals surface area contributed by atoms with Crippen molar-refractivity contribution in [2.24, 2.45) is 0 Å². The zero-order chi connectivity index (χ0) is 13.8. The number of rotatable bonds is 5. The van der Waals surface area contributed by atoms with Gasteiger partial charge in [0.2, 0.25) is 0 Å². The van der Waals surface area contributed by atoms with Crippen molar-refractivity contribution in [3.8, 4) is 0 Å². The molecule has 0 spiro atoms. The van der Waals surface area contributed by atoms with Crippen LogP contribution in [0.25, 0.3) is 0 Å². The monoisotopic (exact) mass is 297 g/mol. The van der Waals surface area contributed by atoms with Gasteiger partial charge in [0.15, 0.2) is 0 Å². The van der Waals surface area contributed by atoms with Gasteiger partial charge < -0.3 is 9.73 Å². The second-order valence-electron chi connectivity index (χ2n) is 4.52. The summed E-state index contributed by atoms with van der Waals surface area (Å²) in [4.78, 5) is 0. The van der Waals surface area contributed by atoms with Gasteiger partial charge in [-0.25, -0.2) is 0 Å². The number of furan rings is 1. The molecule has 1 unspecified atom stereocenters. The molecule has 2 nitrogen and oxygen atoms in total. The molecule has 0 saturated carbocycles. The Bertz CT molecular complexity index is 551. The van der Waals surface area contributed by atoms with Crippen LogP contribution in [-0.2, 0) is 6.42 Å². The van der Waals surface area contributed by atoms with E-state index in [2.05, 4.69) is 12.2 Å². The highest BCUT2D eigenvalue weighted by Gasteiger charge is 2.15. The van der Waals surface area contributed by atoms with Crippen LogP contribution in [0, 0.1) is 6.92 Å². The molecule has 4 heteroatoms. The van der Waals surface area contributed by atoms with E-state index in [9.17, 15) is 0 Å². The van der Waals surface area contributed by atoms with Gasteiger partial charge in [0.05, 0.1) is 16.3 Å². The van der Waals surface area contributed by atoms with Gasteiger partial charge in [0, 0.05) is 11.6 Å². The highest BCUT2D eigenvalue weighted by atomic mass is 35.5. The molecule has 1 aromatic carbocycles. The second-order valence-corrected chi connectivity index (χ2v) is 5.30. The molecule has 0 aliphatic rings. The van der Waals surface area contributed by atoms with E-state index in [0.29, 0.717) is 10.0 Å². The maximum absolute atomic E-state index is 6.25. The number of likely N-dealkylation sites (N-methyl/N-ethyl adjacent to an activating group) is 1. The van der Waals surface area contributed by atoms with Crippen LogP contribution < -0.4 is 5.32 Å². The minimum atomic E-state index is 0.179. The van der Waals surface area contributed by atoms with E-state index in [1.54, 1.807) is 12.3 Å². The summed E-state index contributed by atoms with van der Waals surface area (Å²) < 4.78 is 5.38. The molecule has 1 N–H and O–H groups in total. The zero-order valence-corrected chi connectivity index (χ0v) is 12.6. The van der Waals surface area contributed by atoms with E-state index in [1.807, 2.05) is 25.1 Å². The fraction of sp³-hybridized carbons (Fsp3) is 0.333. The third-order valence-corrected chi connectivity index (χ3v) is 3.92. The van der Waals surface area contributed by atoms with Crippen molar-refractivity contribution in [1.29, 1.82) is 0 Å². The number of benzene rings is 1. The summed E-state index contributed by atoms with van der Waals surface area (Å²) in [6.45, 7) is 4.91. The second kappa shape index (κ2) is 6.47. The van der Waals surface area contributed by atoms with E-state index < -0.39 is 0 Å². The van der Waals surface area contributed by atoms with Crippen molar-refractivity contribution in [1.82, 2.24) is 5.32 Å². The lowest BCUT2D eigenvalue weighted by Gasteiger charge is -2.17. The highest BCUT2D eigenvalue weighted by Crippen LogP contribution is 2.29. The van der Waals surface area contributed by atoms with Crippen LogP contribution in [0.5, 0.6) is 0 Å². The van der Waals surface area contributed by atoms with E-state index in [-0.39, 0.29) is 6.04 Å². The van der Waals surface area contributed by atoms with Crippen molar-refractivity contribution in [3.63, 3.8) is 0 Å². The normalized spacial score (nSPS) is 12.6. The molecule has 2 aromatic rings. The summed E-state index contributed by atoms with van der Waals surface area (Å²) in [7, 11) is 0. The molecule has 0 bridgehead atoms. The summed E-state index contributed by atoms with van der Waals surface area (Å²) in [5.41, 5.74) is 2.18. The van der Waals surface area contributed by atoms with Crippen LogP contribution in [0.4, 0.5) is 0 Å². The van der Waals surface area contributed by atoms with E-state index in [4.69, 9.17) is 27.6 Å². The Labute approximate surface area is 123 Å². The molecule has 1 aromatic heterocycles. The van der Waals surface area contributed by atoms with Gasteiger partial charge in [0.25, 0.3) is 0 Å². The van der Waals surface area contributed by atoms with Crippen LogP contribution in [0.1, 0.15) is 29.9 Å². The average molecular weight is 298 g/mol. The Balaban J connectivity index is 2.23. The van der Waals surface area contributed by atoms with E-state index in [0.717, 1.165) is 29.9 Å². The van der Waals surface area contributed by atoms with Crippen LogP contribution in [0.2, 0.25) is 10.0 Å². The Kier molecular flexibility index (Phi) is 4.92. The Hall–Kier alpha value is -0.960. The van der Waals surface area contributed by atoms with Gasteiger partial charge in [-0.3, -0.25) is 0 Å². The third kappa shape index (κ3) is 3.53. The summed E-state index contributed by atoms with van der Waals surface area (Å²) in [6, 6.07) is 7.96. The Morgan fingerprint density at radius 1 is 1.32 bits per heavy atom. The standard InChI is InChI=1S/C15H17Cl2NO/c1-3-18-14(12-7-10(2)19-9-12)8-11-5-4-6-13(16)15(11)17/h4-7,9,14,18H,3,8H2,1-2H3. The Morgan fingerprint density at radius 3 is 2.74 bits per heavy atom. The summed E-state index contributed by atoms with van der Waals surface area (Å²) in [6.07, 6.45) is 2.58. The number of hydrogen-bond acceptors (Lipinski definition) is 2. The largest absolute Gasteiger partial charge is 0.469 e. The fourth-order valence-electron chi connectivity index (χ4n) is 2.13. The molecule has 0 amide bonds. The molecule has 0 aliphatic carbocycles. The molecular weight excluding hydrogens is 281 g/mol. The van der Waals surface area contributed by atoms with Gasteiger partial charge in [-0.1, -0.05) is 42.3 Å². The van der Waals surface area contributed by atoms with Gasteiger partial charge in [-0.2, -0.15) is 0 Å². The number of hydrogen-bond donors (Lipinski definition) is 1. The van der Waals surface area contributed by atoms with Crippen molar-refractivity contribution in [2.45, 2.75) is 26.3 Å². The average Bonchev–Trinajstić information content (AvgIpc) is 2.81. The lowest BCUT2D eigenvalue weighted by atomic mass is 10.0. The van der Waals surface area contributed by atoms with Crippen LogP contribution in [0.15, 0.2) is 34.9 Å². The van der Waals surface area contributed by atoms with E-state index in [1.165, 1.54) is 0 Å². The molecule has 0 fully saturated rings. The third-order valence-electron chi connectivity index (χ3n) is 3.06. The lowest BCUT2D eigenvalue weighted by Crippen LogP contribution is -2.22. The minimum absolute atomic E-state index is 0.179. The predicted octanol–water partition coefficient (Wildman–Crippen LogP) is 4.79. The summed E-state index contributed by atoms with van der Waals surface area (Å²) in [5, 5.41) is 4.67. The van der Waals surface area contributed by atoms with Crippen molar-refractivity contribution >= 4 is 23.2 Å². The maximum atomic E-state index is 6.25. The number of nitrogens with one attached hydrogen (secondary N) is 1. The van der Waals surface area contributed by atoms with Gasteiger partial charge in [0.1, 0.15) is 5.76 Å². The quantitative estimate of drug-likeness (QED) is 0.858. The molecule has 1 atom stereocenters. The highest BCUT2D eigenvalue weighted by molar-refractivity contribution is 6.42. The van der Waals surface area contributed by atoms with Gasteiger partial charge in [-0.15, -0.1) is 0 Å². The van der Waals surface area contributed by atoms with Crippen molar-refractivity contribution < 1.29 is 4.42 Å². The number of aryl methyl sites for hydroxylation is 1. The predicted molar refractivity (Wildman–Crippen MR) is 80.0 cm³/mol. The molecule has 0 radical (unpaired) electrons. The minimum Gasteiger partial charge on any atom is -0.469 e. The maximum Gasteiger partial charge on any atom is 0.101 e. The van der Waals surface area contributed by atoms with Crippen LogP contribution in [-0.4, -0.2) is 6.54 Å². The molecule has 1 heterocycles. The first kappa shape index (κ1) is 14.4. The molecule has 0 saturated heterocycles. The zero-order valence-electron chi connectivity index (χ0n) is 11.0. The lowest BCUT2D eigenvalue weighted by molar-refractivity contribution is 0.511. The number of halogens is 2. The summed E-state index contributed by atoms with van der Waals surface area (Å²) in [5.74, 6) is 0.912. The fourth-order valence-corrected chi connectivity index (χ4v) is 2.52. The van der Waals surface area contributed by atoms with Gasteiger partial charge >= 0.3 is 0 Å². The molecule has 0 aliphatic heterocycles. The van der Waals surface area contributed by atoms with Crippen molar-refractivity contribution in [3.05, 3.63) is 57.5 Å². The molecule has 19 heavy (non-hydrogen) atoms. The van der Waals surface area contributed by atoms with E-state index >= 15 is 0 Å². The van der Waals surface area contributed by atoms with Gasteiger partial charge in [-0.05, 0) is 37.6 Å². The summed E-state index contributed by atoms with van der Waals surface area (Å²) >= 11 is 12.3. The molecular formula is C15H17Cl2NO. The SMILES string of the molecule is CCNC(Cc1cccc(Cl)c1Cl)c1coc(C)c1. The molecule has 102 valence electrons. The van der Waals surface area contributed by atoms with Crippen molar-refractivity contribution in [2.75, 3.05) is 6.54 Å². The topological polar surface area (TPSA) is 25.2 Å².